The molecule has 0 unspecified atom stereocenters. The first kappa shape index (κ1) is 7.67. The Hall–Kier alpha value is -0.970. The van der Waals surface area contributed by atoms with E-state index in [-0.39, 0.29) is 4.99 Å². The Morgan fingerprint density at radius 3 is 3.00 bits per heavy atom. The maximum Gasteiger partial charge on any atom is 0.208 e. The molecule has 0 amide bonds. The fourth-order valence-corrected chi connectivity index (χ4v) is 1.15. The van der Waals surface area contributed by atoms with E-state index >= 15 is 0 Å². The van der Waals surface area contributed by atoms with E-state index in [9.17, 15) is 0 Å². The predicted molar refractivity (Wildman–Crippen MR) is 48.6 cm³/mol. The number of aromatic nitrogens is 3. The summed E-state index contributed by atoms with van der Waals surface area (Å²) in [4.78, 5) is 4.25. The Kier molecular flexibility index (Phi) is 1.80. The molecule has 0 aliphatic heterocycles. The summed E-state index contributed by atoms with van der Waals surface area (Å²) in [6.07, 6.45) is 4.30. The summed E-state index contributed by atoms with van der Waals surface area (Å²) in [6, 6.07) is 0. The van der Waals surface area contributed by atoms with E-state index in [0.29, 0.717) is 5.82 Å². The number of thiocarbonyl (C=S) groups is 1. The molecule has 0 radical (unpaired) electrons. The second-order valence-electron chi connectivity index (χ2n) is 3.10. The lowest BCUT2D eigenvalue weighted by atomic mass is 10.4. The molecule has 5 heteroatoms. The van der Waals surface area contributed by atoms with Crippen LogP contribution in [0.4, 0.5) is 0 Å². The van der Waals surface area contributed by atoms with Crippen LogP contribution in [0.3, 0.4) is 0 Å². The molecular weight excluding hydrogens is 172 g/mol. The van der Waals surface area contributed by atoms with Crippen LogP contribution in [0.25, 0.3) is 0 Å². The third-order valence-electron chi connectivity index (χ3n) is 1.90. The minimum absolute atomic E-state index is 0.268. The van der Waals surface area contributed by atoms with Gasteiger partial charge in [0, 0.05) is 6.54 Å². The number of nitrogens with zero attached hydrogens (tertiary/aromatic N) is 3. The smallest absolute Gasteiger partial charge is 0.208 e. The fourth-order valence-electron chi connectivity index (χ4n) is 1.06. The van der Waals surface area contributed by atoms with Crippen molar-refractivity contribution in [1.82, 2.24) is 14.8 Å². The normalized spacial score (nSPS) is 16.3. The maximum atomic E-state index is 5.37. The van der Waals surface area contributed by atoms with Gasteiger partial charge in [-0.15, -0.1) is 5.10 Å². The predicted octanol–water partition coefficient (Wildman–Crippen LogP) is 0.322. The minimum atomic E-state index is 0.268. The molecule has 0 aromatic carbocycles. The third-order valence-corrected chi connectivity index (χ3v) is 2.08. The SMILES string of the molecule is NC(=S)c1ncn(CC2CC2)n1. The van der Waals surface area contributed by atoms with E-state index < -0.39 is 0 Å². The Morgan fingerprint density at radius 1 is 1.75 bits per heavy atom. The van der Waals surface area contributed by atoms with Gasteiger partial charge < -0.3 is 5.73 Å². The molecule has 0 bridgehead atoms. The van der Waals surface area contributed by atoms with Gasteiger partial charge >= 0.3 is 0 Å². The first-order valence-corrected chi connectivity index (χ1v) is 4.36. The second-order valence-corrected chi connectivity index (χ2v) is 3.54. The van der Waals surface area contributed by atoms with Crippen molar-refractivity contribution in [3.8, 4) is 0 Å². The van der Waals surface area contributed by atoms with Crippen LogP contribution in [0.2, 0.25) is 0 Å². The molecular formula is C7H10N4S. The molecule has 2 N–H and O–H groups in total. The van der Waals surface area contributed by atoms with E-state index in [1.165, 1.54) is 12.8 Å². The first-order valence-electron chi connectivity index (χ1n) is 3.95. The third kappa shape index (κ3) is 1.61. The van der Waals surface area contributed by atoms with Crippen molar-refractivity contribution in [1.29, 1.82) is 0 Å². The summed E-state index contributed by atoms with van der Waals surface area (Å²) in [5, 5.41) is 4.13. The number of rotatable bonds is 3. The lowest BCUT2D eigenvalue weighted by Gasteiger charge is -1.94. The summed E-state index contributed by atoms with van der Waals surface area (Å²) >= 11 is 4.74. The summed E-state index contributed by atoms with van der Waals surface area (Å²) in [6.45, 7) is 0.954. The van der Waals surface area contributed by atoms with Crippen LogP contribution in [0.5, 0.6) is 0 Å². The fraction of sp³-hybridized carbons (Fsp3) is 0.571. The average Bonchev–Trinajstić information content (AvgIpc) is 2.66. The highest BCUT2D eigenvalue weighted by Crippen LogP contribution is 2.30. The topological polar surface area (TPSA) is 56.7 Å². The lowest BCUT2D eigenvalue weighted by molar-refractivity contribution is 0.561. The zero-order valence-electron chi connectivity index (χ0n) is 6.60. The molecule has 12 heavy (non-hydrogen) atoms. The molecule has 0 saturated heterocycles. The van der Waals surface area contributed by atoms with Crippen molar-refractivity contribution in [2.45, 2.75) is 19.4 Å². The number of nitrogens with two attached hydrogens (primary N) is 1. The second kappa shape index (κ2) is 2.82. The molecule has 1 aliphatic rings. The van der Waals surface area contributed by atoms with Gasteiger partial charge in [-0.1, -0.05) is 12.2 Å². The quantitative estimate of drug-likeness (QED) is 0.684. The van der Waals surface area contributed by atoms with Crippen molar-refractivity contribution in [3.05, 3.63) is 12.2 Å². The highest BCUT2D eigenvalue weighted by Gasteiger charge is 2.22. The zero-order valence-corrected chi connectivity index (χ0v) is 7.42. The van der Waals surface area contributed by atoms with Crippen molar-refractivity contribution in [2.24, 2.45) is 11.7 Å². The molecule has 2 rings (SSSR count). The van der Waals surface area contributed by atoms with Gasteiger partial charge in [0.2, 0.25) is 5.82 Å². The van der Waals surface area contributed by atoms with Gasteiger partial charge in [0.15, 0.2) is 0 Å². The van der Waals surface area contributed by atoms with Crippen LogP contribution >= 0.6 is 12.2 Å². The molecule has 0 spiro atoms. The highest BCUT2D eigenvalue weighted by molar-refractivity contribution is 7.80. The Morgan fingerprint density at radius 2 is 2.50 bits per heavy atom. The van der Waals surface area contributed by atoms with E-state index in [2.05, 4.69) is 10.1 Å². The Labute approximate surface area is 75.8 Å². The van der Waals surface area contributed by atoms with Crippen LogP contribution < -0.4 is 5.73 Å². The number of hydrogen-bond donors (Lipinski definition) is 1. The molecule has 64 valence electrons. The average molecular weight is 182 g/mol. The van der Waals surface area contributed by atoms with Crippen LogP contribution in [0.15, 0.2) is 6.33 Å². The van der Waals surface area contributed by atoms with Gasteiger partial charge in [0.05, 0.1) is 0 Å². The summed E-state index contributed by atoms with van der Waals surface area (Å²) in [7, 11) is 0. The summed E-state index contributed by atoms with van der Waals surface area (Å²) < 4.78 is 1.81. The number of hydrogen-bond acceptors (Lipinski definition) is 3. The highest BCUT2D eigenvalue weighted by atomic mass is 32.1. The van der Waals surface area contributed by atoms with Crippen molar-refractivity contribution >= 4 is 17.2 Å². The molecule has 1 aromatic heterocycles. The lowest BCUT2D eigenvalue weighted by Crippen LogP contribution is -2.12. The van der Waals surface area contributed by atoms with Crippen molar-refractivity contribution < 1.29 is 0 Å². The van der Waals surface area contributed by atoms with E-state index in [1.807, 2.05) is 4.68 Å². The molecule has 4 nitrogen and oxygen atoms in total. The Bertz CT molecular complexity index is 302. The van der Waals surface area contributed by atoms with Crippen LogP contribution in [-0.2, 0) is 6.54 Å². The van der Waals surface area contributed by atoms with Gasteiger partial charge in [-0.2, -0.15) is 0 Å². The zero-order chi connectivity index (χ0) is 8.55. The standard InChI is InChI=1S/C7H10N4S/c8-6(12)7-9-4-11(10-7)3-5-1-2-5/h4-5H,1-3H2,(H2,8,12). The minimum Gasteiger partial charge on any atom is -0.387 e. The van der Waals surface area contributed by atoms with Gasteiger partial charge in [0.1, 0.15) is 11.3 Å². The van der Waals surface area contributed by atoms with Gasteiger partial charge in [-0.25, -0.2) is 4.98 Å². The van der Waals surface area contributed by atoms with Gasteiger partial charge in [-0.3, -0.25) is 4.68 Å². The van der Waals surface area contributed by atoms with E-state index in [4.69, 9.17) is 18.0 Å². The van der Waals surface area contributed by atoms with E-state index in [1.54, 1.807) is 6.33 Å². The largest absolute Gasteiger partial charge is 0.387 e. The van der Waals surface area contributed by atoms with Crippen molar-refractivity contribution in [2.75, 3.05) is 0 Å². The van der Waals surface area contributed by atoms with Gasteiger partial charge in [-0.05, 0) is 18.8 Å². The van der Waals surface area contributed by atoms with Crippen LogP contribution in [0.1, 0.15) is 18.7 Å². The summed E-state index contributed by atoms with van der Waals surface area (Å²) in [5.74, 6) is 1.27. The molecule has 1 aromatic rings. The molecule has 1 heterocycles. The summed E-state index contributed by atoms with van der Waals surface area (Å²) in [5.41, 5.74) is 5.37. The molecule has 0 atom stereocenters. The Balaban J connectivity index is 2.06. The maximum absolute atomic E-state index is 5.37. The molecule has 1 saturated carbocycles. The molecule has 1 fully saturated rings. The van der Waals surface area contributed by atoms with Crippen LogP contribution in [-0.4, -0.2) is 19.8 Å². The molecule has 1 aliphatic carbocycles. The van der Waals surface area contributed by atoms with Crippen molar-refractivity contribution in [3.63, 3.8) is 0 Å². The van der Waals surface area contributed by atoms with E-state index in [0.717, 1.165) is 12.5 Å². The monoisotopic (exact) mass is 182 g/mol. The first-order chi connectivity index (χ1) is 5.75. The van der Waals surface area contributed by atoms with Crippen LogP contribution in [0, 0.1) is 5.92 Å². The van der Waals surface area contributed by atoms with Gasteiger partial charge in [0.25, 0.3) is 0 Å².